The van der Waals surface area contributed by atoms with Crippen LogP contribution in [0, 0.1) is 6.92 Å². The van der Waals surface area contributed by atoms with Crippen LogP contribution in [0.3, 0.4) is 0 Å². The van der Waals surface area contributed by atoms with Crippen LogP contribution in [-0.2, 0) is 12.8 Å². The highest BCUT2D eigenvalue weighted by Gasteiger charge is 2.35. The predicted octanol–water partition coefficient (Wildman–Crippen LogP) is 3.67. The van der Waals surface area contributed by atoms with Gasteiger partial charge in [0.25, 0.3) is 0 Å². The number of hydrogen-bond donors (Lipinski definition) is 1. The first-order valence-corrected chi connectivity index (χ1v) is 5.50. The Bertz CT molecular complexity index is 532. The van der Waals surface area contributed by atoms with Gasteiger partial charge in [-0.1, -0.05) is 13.8 Å². The second-order valence-electron chi connectivity index (χ2n) is 3.38. The number of hydrogen-bond acceptors (Lipinski definition) is 3. The van der Waals surface area contributed by atoms with Gasteiger partial charge in [0, 0.05) is 6.92 Å². The molecular formula is C12H14F3NO2. The van der Waals surface area contributed by atoms with E-state index in [9.17, 15) is 13.2 Å². The Labute approximate surface area is 102 Å². The van der Waals surface area contributed by atoms with E-state index >= 15 is 0 Å². The van der Waals surface area contributed by atoms with E-state index in [1.807, 2.05) is 13.8 Å². The number of nitrogens with zero attached hydrogens (tertiary/aromatic N) is 1. The number of aliphatic hydroxyl groups excluding tert-OH is 1. The van der Waals surface area contributed by atoms with Crippen LogP contribution in [0.1, 0.15) is 30.9 Å². The molecule has 0 spiro atoms. The Balaban J connectivity index is 0.000000771. The molecule has 0 fully saturated rings. The van der Waals surface area contributed by atoms with Crippen LogP contribution in [0.15, 0.2) is 16.5 Å². The van der Waals surface area contributed by atoms with Gasteiger partial charge in [0.15, 0.2) is 11.5 Å². The van der Waals surface area contributed by atoms with Crippen molar-refractivity contribution >= 4 is 11.1 Å². The minimum absolute atomic E-state index is 0.108. The molecule has 18 heavy (non-hydrogen) atoms. The highest BCUT2D eigenvalue weighted by molar-refractivity contribution is 5.78. The first-order chi connectivity index (χ1) is 8.41. The number of rotatable bonds is 1. The summed E-state index contributed by atoms with van der Waals surface area (Å²) in [7, 11) is 0. The summed E-state index contributed by atoms with van der Waals surface area (Å²) in [6.45, 7) is 5.00. The molecule has 6 heteroatoms. The molecule has 0 atom stereocenters. The lowest BCUT2D eigenvalue weighted by Crippen LogP contribution is -2.06. The van der Waals surface area contributed by atoms with Crippen molar-refractivity contribution in [1.29, 1.82) is 0 Å². The molecule has 0 saturated heterocycles. The molecule has 3 nitrogen and oxygen atoms in total. The van der Waals surface area contributed by atoms with Crippen LogP contribution in [0.4, 0.5) is 13.2 Å². The van der Waals surface area contributed by atoms with E-state index in [2.05, 4.69) is 4.98 Å². The fourth-order valence-electron chi connectivity index (χ4n) is 1.50. The van der Waals surface area contributed by atoms with Gasteiger partial charge in [-0.15, -0.1) is 0 Å². The first-order valence-electron chi connectivity index (χ1n) is 5.50. The van der Waals surface area contributed by atoms with E-state index in [1.165, 1.54) is 13.0 Å². The number of aliphatic hydroxyl groups is 1. The van der Waals surface area contributed by atoms with E-state index in [-0.39, 0.29) is 22.6 Å². The van der Waals surface area contributed by atoms with Gasteiger partial charge in [-0.25, -0.2) is 4.98 Å². The monoisotopic (exact) mass is 261 g/mol. The van der Waals surface area contributed by atoms with Crippen molar-refractivity contribution in [3.05, 3.63) is 29.2 Å². The van der Waals surface area contributed by atoms with Crippen molar-refractivity contribution in [3.63, 3.8) is 0 Å². The van der Waals surface area contributed by atoms with Crippen LogP contribution in [0.5, 0.6) is 0 Å². The molecule has 0 aliphatic carbocycles. The summed E-state index contributed by atoms with van der Waals surface area (Å²) in [5, 5.41) is 8.87. The molecule has 0 bridgehead atoms. The SMILES string of the molecule is CC.Cc1nc2cc(CO)cc(C(F)(F)F)c2o1. The van der Waals surface area contributed by atoms with E-state index < -0.39 is 18.3 Å². The highest BCUT2D eigenvalue weighted by Crippen LogP contribution is 2.36. The maximum Gasteiger partial charge on any atom is 0.420 e. The maximum atomic E-state index is 12.7. The molecule has 0 saturated carbocycles. The van der Waals surface area contributed by atoms with Gasteiger partial charge in [-0.2, -0.15) is 13.2 Å². The third-order valence-electron chi connectivity index (χ3n) is 2.14. The summed E-state index contributed by atoms with van der Waals surface area (Å²) < 4.78 is 42.9. The van der Waals surface area contributed by atoms with Crippen molar-refractivity contribution in [2.45, 2.75) is 33.6 Å². The molecule has 0 aliphatic heterocycles. The second kappa shape index (κ2) is 5.39. The largest absolute Gasteiger partial charge is 0.440 e. The van der Waals surface area contributed by atoms with E-state index in [0.717, 1.165) is 6.07 Å². The van der Waals surface area contributed by atoms with Crippen molar-refractivity contribution < 1.29 is 22.7 Å². The molecule has 2 rings (SSSR count). The lowest BCUT2D eigenvalue weighted by Gasteiger charge is -2.07. The second-order valence-corrected chi connectivity index (χ2v) is 3.38. The Morgan fingerprint density at radius 3 is 2.39 bits per heavy atom. The number of benzene rings is 1. The summed E-state index contributed by atoms with van der Waals surface area (Å²) in [5.74, 6) is 0.163. The lowest BCUT2D eigenvalue weighted by atomic mass is 10.1. The molecule has 0 aliphatic rings. The van der Waals surface area contributed by atoms with E-state index in [4.69, 9.17) is 9.52 Å². The lowest BCUT2D eigenvalue weighted by molar-refractivity contribution is -0.136. The van der Waals surface area contributed by atoms with Gasteiger partial charge in [0.2, 0.25) is 0 Å². The summed E-state index contributed by atoms with van der Waals surface area (Å²) in [5.41, 5.74) is -0.929. The molecule has 1 aromatic heterocycles. The van der Waals surface area contributed by atoms with Gasteiger partial charge < -0.3 is 9.52 Å². The first kappa shape index (κ1) is 14.5. The third kappa shape index (κ3) is 2.81. The van der Waals surface area contributed by atoms with Crippen LogP contribution in [-0.4, -0.2) is 10.1 Å². The van der Waals surface area contributed by atoms with Crippen LogP contribution < -0.4 is 0 Å². The molecule has 100 valence electrons. The molecule has 0 radical (unpaired) electrons. The Morgan fingerprint density at radius 1 is 1.28 bits per heavy atom. The minimum atomic E-state index is -4.52. The Hall–Kier alpha value is -1.56. The number of halogens is 3. The third-order valence-corrected chi connectivity index (χ3v) is 2.14. The van der Waals surface area contributed by atoms with E-state index in [0.29, 0.717) is 0 Å². The Kier molecular flexibility index (Phi) is 4.34. The number of aryl methyl sites for hydroxylation is 1. The molecule has 1 aromatic carbocycles. The van der Waals surface area contributed by atoms with Crippen molar-refractivity contribution in [2.75, 3.05) is 0 Å². The smallest absolute Gasteiger partial charge is 0.420 e. The zero-order chi connectivity index (χ0) is 13.9. The summed E-state index contributed by atoms with van der Waals surface area (Å²) in [6, 6.07) is 2.24. The van der Waals surface area contributed by atoms with Crippen LogP contribution >= 0.6 is 0 Å². The van der Waals surface area contributed by atoms with Crippen molar-refractivity contribution in [2.24, 2.45) is 0 Å². The molecular weight excluding hydrogens is 247 g/mol. The van der Waals surface area contributed by atoms with Gasteiger partial charge in [-0.05, 0) is 17.7 Å². The zero-order valence-corrected chi connectivity index (χ0v) is 10.3. The fourth-order valence-corrected chi connectivity index (χ4v) is 1.50. The van der Waals surface area contributed by atoms with Gasteiger partial charge in [0.1, 0.15) is 11.1 Å². The molecule has 0 unspecified atom stereocenters. The number of oxazole rings is 1. The van der Waals surface area contributed by atoms with Crippen molar-refractivity contribution in [1.82, 2.24) is 4.98 Å². The summed E-state index contributed by atoms with van der Waals surface area (Å²) >= 11 is 0. The molecule has 1 N–H and O–H groups in total. The minimum Gasteiger partial charge on any atom is -0.440 e. The Morgan fingerprint density at radius 2 is 1.89 bits per heavy atom. The molecule has 0 amide bonds. The molecule has 2 aromatic rings. The quantitative estimate of drug-likeness (QED) is 0.851. The molecule has 1 heterocycles. The zero-order valence-electron chi connectivity index (χ0n) is 10.3. The highest BCUT2D eigenvalue weighted by atomic mass is 19.4. The van der Waals surface area contributed by atoms with Crippen LogP contribution in [0.2, 0.25) is 0 Å². The number of alkyl halides is 3. The predicted molar refractivity (Wildman–Crippen MR) is 61.0 cm³/mol. The fraction of sp³-hybridized carbons (Fsp3) is 0.417. The maximum absolute atomic E-state index is 12.7. The van der Waals surface area contributed by atoms with Crippen LogP contribution in [0.25, 0.3) is 11.1 Å². The normalized spacial score (nSPS) is 11.3. The van der Waals surface area contributed by atoms with E-state index in [1.54, 1.807) is 0 Å². The average Bonchev–Trinajstić information content (AvgIpc) is 2.68. The number of aromatic nitrogens is 1. The summed E-state index contributed by atoms with van der Waals surface area (Å²) in [4.78, 5) is 3.82. The van der Waals surface area contributed by atoms with Gasteiger partial charge >= 0.3 is 6.18 Å². The van der Waals surface area contributed by atoms with Crippen molar-refractivity contribution in [3.8, 4) is 0 Å². The summed E-state index contributed by atoms with van der Waals surface area (Å²) in [6.07, 6.45) is -4.52. The van der Waals surface area contributed by atoms with Gasteiger partial charge in [-0.3, -0.25) is 0 Å². The number of fused-ring (bicyclic) bond motifs is 1. The standard InChI is InChI=1S/C10H8F3NO2.C2H6/c1-5-14-8-3-6(4-15)2-7(9(8)16-5)10(11,12)13;1-2/h2-3,15H,4H2,1H3;1-2H3. The topological polar surface area (TPSA) is 46.3 Å². The average molecular weight is 261 g/mol. The van der Waals surface area contributed by atoms with Gasteiger partial charge in [0.05, 0.1) is 6.61 Å².